The predicted molar refractivity (Wildman–Crippen MR) is 102 cm³/mol. The number of hydrazine groups is 1. The first-order valence-electron chi connectivity index (χ1n) is 8.40. The van der Waals surface area contributed by atoms with Crippen molar-refractivity contribution in [2.45, 2.75) is 18.7 Å². The van der Waals surface area contributed by atoms with Crippen LogP contribution in [0, 0.1) is 0 Å². The molecule has 0 aliphatic carbocycles. The van der Waals surface area contributed by atoms with Gasteiger partial charge in [-0.05, 0) is 35.9 Å². The van der Waals surface area contributed by atoms with E-state index in [-0.39, 0.29) is 4.90 Å². The Bertz CT molecular complexity index is 899. The predicted octanol–water partition coefficient (Wildman–Crippen LogP) is 1.52. The van der Waals surface area contributed by atoms with Crippen molar-refractivity contribution in [2.75, 3.05) is 13.1 Å². The van der Waals surface area contributed by atoms with E-state index in [2.05, 4.69) is 15.8 Å². The molecule has 1 aromatic carbocycles. The molecule has 2 rings (SSSR count). The third-order valence-corrected chi connectivity index (χ3v) is 5.86. The average molecular weight is 390 g/mol. The maximum Gasteiger partial charge on any atom is 0.286 e. The van der Waals surface area contributed by atoms with Gasteiger partial charge >= 0.3 is 0 Å². The summed E-state index contributed by atoms with van der Waals surface area (Å²) >= 11 is 0. The Hall–Kier alpha value is -2.91. The Morgan fingerprint density at radius 1 is 1.07 bits per heavy atom. The highest BCUT2D eigenvalue weighted by Crippen LogP contribution is 2.16. The lowest BCUT2D eigenvalue weighted by Crippen LogP contribution is -2.40. The lowest BCUT2D eigenvalue weighted by atomic mass is 10.2. The number of H-pyrrole nitrogens is 1. The van der Waals surface area contributed by atoms with Crippen molar-refractivity contribution in [3.05, 3.63) is 59.9 Å². The molecule has 1 heterocycles. The van der Waals surface area contributed by atoms with E-state index in [9.17, 15) is 18.0 Å². The largest absolute Gasteiger partial charge is 0.357 e. The van der Waals surface area contributed by atoms with Crippen LogP contribution in [-0.4, -0.2) is 42.6 Å². The summed E-state index contributed by atoms with van der Waals surface area (Å²) in [7, 11) is -3.51. The maximum atomic E-state index is 12.4. The molecule has 0 unspecified atom stereocenters. The van der Waals surface area contributed by atoms with Gasteiger partial charge in [0, 0.05) is 25.4 Å². The van der Waals surface area contributed by atoms with Crippen molar-refractivity contribution >= 4 is 27.9 Å². The van der Waals surface area contributed by atoms with Gasteiger partial charge in [0.2, 0.25) is 10.0 Å². The fourth-order valence-electron chi connectivity index (χ4n) is 2.33. The number of nitrogens with zero attached hydrogens (tertiary/aromatic N) is 1. The molecule has 144 valence electrons. The number of hydrogen-bond donors (Lipinski definition) is 3. The lowest BCUT2D eigenvalue weighted by Gasteiger charge is -2.18. The topological polar surface area (TPSA) is 111 Å². The molecule has 9 heteroatoms. The first kappa shape index (κ1) is 20.4. The van der Waals surface area contributed by atoms with Crippen LogP contribution in [0.4, 0.5) is 0 Å². The Kier molecular flexibility index (Phi) is 6.91. The highest BCUT2D eigenvalue weighted by molar-refractivity contribution is 7.89. The number of carbonyl (C=O) groups excluding carboxylic acids is 2. The first-order valence-corrected chi connectivity index (χ1v) is 9.84. The van der Waals surface area contributed by atoms with Gasteiger partial charge in [-0.15, -0.1) is 0 Å². The SMILES string of the molecule is CCN(CC)S(=O)(=O)c1ccc(/C=C/C(=O)NNC(=O)c2ccc[nH]2)cc1. The molecule has 0 fully saturated rings. The summed E-state index contributed by atoms with van der Waals surface area (Å²) in [5.41, 5.74) is 5.50. The van der Waals surface area contributed by atoms with Crippen LogP contribution in [0.1, 0.15) is 29.9 Å². The van der Waals surface area contributed by atoms with Crippen LogP contribution in [0.25, 0.3) is 6.08 Å². The third-order valence-electron chi connectivity index (χ3n) is 3.79. The van der Waals surface area contributed by atoms with Gasteiger partial charge in [0.05, 0.1) is 4.90 Å². The van der Waals surface area contributed by atoms with E-state index >= 15 is 0 Å². The van der Waals surface area contributed by atoms with E-state index in [1.165, 1.54) is 28.6 Å². The molecule has 0 saturated carbocycles. The molecule has 0 saturated heterocycles. The lowest BCUT2D eigenvalue weighted by molar-refractivity contribution is -0.117. The van der Waals surface area contributed by atoms with E-state index < -0.39 is 21.8 Å². The molecule has 3 N–H and O–H groups in total. The van der Waals surface area contributed by atoms with Gasteiger partial charge in [-0.2, -0.15) is 4.31 Å². The Morgan fingerprint density at radius 2 is 1.74 bits per heavy atom. The minimum absolute atomic E-state index is 0.200. The number of aromatic amines is 1. The summed E-state index contributed by atoms with van der Waals surface area (Å²) in [5.74, 6) is -0.984. The highest BCUT2D eigenvalue weighted by Gasteiger charge is 2.20. The van der Waals surface area contributed by atoms with Crippen LogP contribution < -0.4 is 10.9 Å². The Morgan fingerprint density at radius 3 is 2.30 bits per heavy atom. The number of rotatable bonds is 7. The summed E-state index contributed by atoms with van der Waals surface area (Å²) in [6.07, 6.45) is 4.35. The van der Waals surface area contributed by atoms with Crippen LogP contribution in [0.15, 0.2) is 53.6 Å². The molecule has 1 aromatic heterocycles. The maximum absolute atomic E-state index is 12.4. The summed E-state index contributed by atoms with van der Waals surface area (Å²) < 4.78 is 26.2. The summed E-state index contributed by atoms with van der Waals surface area (Å²) in [5, 5.41) is 0. The van der Waals surface area contributed by atoms with Gasteiger partial charge in [0.15, 0.2) is 0 Å². The van der Waals surface area contributed by atoms with Crippen molar-refractivity contribution in [3.63, 3.8) is 0 Å². The number of carbonyl (C=O) groups is 2. The summed E-state index contributed by atoms with van der Waals surface area (Å²) in [6.45, 7) is 4.36. The molecule has 0 aliphatic rings. The summed E-state index contributed by atoms with van der Waals surface area (Å²) in [4.78, 5) is 26.4. The van der Waals surface area contributed by atoms with Gasteiger partial charge in [-0.25, -0.2) is 8.42 Å². The average Bonchev–Trinajstić information content (AvgIpc) is 3.20. The van der Waals surface area contributed by atoms with E-state index in [0.29, 0.717) is 24.3 Å². The highest BCUT2D eigenvalue weighted by atomic mass is 32.2. The van der Waals surface area contributed by atoms with Crippen LogP contribution in [0.3, 0.4) is 0 Å². The van der Waals surface area contributed by atoms with E-state index in [0.717, 1.165) is 0 Å². The molecule has 0 bridgehead atoms. The molecule has 27 heavy (non-hydrogen) atoms. The van der Waals surface area contributed by atoms with Gasteiger partial charge in [0.1, 0.15) is 5.69 Å². The standard InChI is InChI=1S/C18H22N4O4S/c1-3-22(4-2)27(25,26)15-10-7-14(8-11-15)9-12-17(23)20-21-18(24)16-6-5-13-19-16/h5-13,19H,3-4H2,1-2H3,(H,20,23)(H,21,24)/b12-9+. The monoisotopic (exact) mass is 390 g/mol. The molecular formula is C18H22N4O4S. The summed E-state index contributed by atoms with van der Waals surface area (Å²) in [6, 6.07) is 9.46. The van der Waals surface area contributed by atoms with Crippen LogP contribution in [0.5, 0.6) is 0 Å². The molecule has 0 radical (unpaired) electrons. The van der Waals surface area contributed by atoms with Crippen molar-refractivity contribution in [3.8, 4) is 0 Å². The van der Waals surface area contributed by atoms with Gasteiger partial charge in [-0.1, -0.05) is 26.0 Å². The normalized spacial score (nSPS) is 11.7. The quantitative estimate of drug-likeness (QED) is 0.492. The van der Waals surface area contributed by atoms with Crippen LogP contribution >= 0.6 is 0 Å². The molecule has 8 nitrogen and oxygen atoms in total. The Balaban J connectivity index is 1.95. The van der Waals surface area contributed by atoms with Crippen molar-refractivity contribution in [2.24, 2.45) is 0 Å². The molecular weight excluding hydrogens is 368 g/mol. The van der Waals surface area contributed by atoms with E-state index in [4.69, 9.17) is 0 Å². The number of nitrogens with one attached hydrogen (secondary N) is 3. The van der Waals surface area contributed by atoms with E-state index in [1.807, 2.05) is 0 Å². The zero-order valence-corrected chi connectivity index (χ0v) is 15.9. The number of amides is 2. The number of aromatic nitrogens is 1. The molecule has 2 amide bonds. The zero-order valence-electron chi connectivity index (χ0n) is 15.1. The fourth-order valence-corrected chi connectivity index (χ4v) is 3.79. The van der Waals surface area contributed by atoms with Crippen LogP contribution in [0.2, 0.25) is 0 Å². The van der Waals surface area contributed by atoms with Crippen molar-refractivity contribution in [1.29, 1.82) is 0 Å². The van der Waals surface area contributed by atoms with Crippen molar-refractivity contribution in [1.82, 2.24) is 20.1 Å². The molecule has 0 atom stereocenters. The second-order valence-electron chi connectivity index (χ2n) is 5.52. The smallest absolute Gasteiger partial charge is 0.286 e. The fraction of sp³-hybridized carbons (Fsp3) is 0.222. The van der Waals surface area contributed by atoms with Gasteiger partial charge in [-0.3, -0.25) is 20.4 Å². The van der Waals surface area contributed by atoms with Crippen LogP contribution in [-0.2, 0) is 14.8 Å². The molecule has 0 spiro atoms. The number of hydrogen-bond acceptors (Lipinski definition) is 4. The molecule has 2 aromatic rings. The van der Waals surface area contributed by atoms with Crippen molar-refractivity contribution < 1.29 is 18.0 Å². The van der Waals surface area contributed by atoms with E-state index in [1.54, 1.807) is 44.3 Å². The minimum atomic E-state index is -3.51. The van der Waals surface area contributed by atoms with Gasteiger partial charge < -0.3 is 4.98 Å². The number of benzene rings is 1. The van der Waals surface area contributed by atoms with Gasteiger partial charge in [0.25, 0.3) is 11.8 Å². The second kappa shape index (κ2) is 9.15. The second-order valence-corrected chi connectivity index (χ2v) is 7.46. The minimum Gasteiger partial charge on any atom is -0.357 e. The third kappa shape index (κ3) is 5.28. The zero-order chi connectivity index (χ0) is 19.9. The Labute approximate surface area is 158 Å². The molecule has 0 aliphatic heterocycles. The first-order chi connectivity index (χ1) is 12.9. The number of sulfonamides is 1.